The van der Waals surface area contributed by atoms with Gasteiger partial charge in [-0.25, -0.2) is 4.98 Å². The van der Waals surface area contributed by atoms with Crippen molar-refractivity contribution in [2.75, 3.05) is 0 Å². The maximum Gasteiger partial charge on any atom is 0.309 e. The van der Waals surface area contributed by atoms with E-state index in [1.807, 2.05) is 0 Å². The summed E-state index contributed by atoms with van der Waals surface area (Å²) in [5.41, 5.74) is 0. The van der Waals surface area contributed by atoms with Crippen molar-refractivity contribution in [3.8, 4) is 5.88 Å². The number of nitrogens with zero attached hydrogens (tertiary/aromatic N) is 3. The van der Waals surface area contributed by atoms with Gasteiger partial charge < -0.3 is 4.74 Å². The second-order valence-electron chi connectivity index (χ2n) is 2.50. The molecule has 13 heavy (non-hydrogen) atoms. The highest BCUT2D eigenvalue weighted by Crippen LogP contribution is 2.09. The van der Waals surface area contributed by atoms with Crippen LogP contribution in [0.3, 0.4) is 0 Å². The summed E-state index contributed by atoms with van der Waals surface area (Å²) in [6.45, 7) is 1.33. The molecule has 2 rings (SSSR count). The first-order valence-corrected chi connectivity index (χ1v) is 3.74. The van der Waals surface area contributed by atoms with E-state index in [1.54, 1.807) is 29.1 Å². The zero-order valence-electron chi connectivity index (χ0n) is 6.97. The van der Waals surface area contributed by atoms with Crippen LogP contribution in [-0.4, -0.2) is 20.3 Å². The summed E-state index contributed by atoms with van der Waals surface area (Å²) in [5.74, 6) is 0.397. The standard InChI is InChI=1S/C8H7N3O2/c1-6(12)13-7-5-11-4-2-3-9-8(11)10-7/h2-5H,1H3. The summed E-state index contributed by atoms with van der Waals surface area (Å²) in [6.07, 6.45) is 5.01. The molecule has 0 radical (unpaired) electrons. The maximum absolute atomic E-state index is 10.6. The molecule has 0 spiro atoms. The first kappa shape index (κ1) is 7.72. The molecule has 0 saturated carbocycles. The fourth-order valence-electron chi connectivity index (χ4n) is 1.00. The van der Waals surface area contributed by atoms with E-state index in [1.165, 1.54) is 6.92 Å². The van der Waals surface area contributed by atoms with Crippen molar-refractivity contribution in [3.63, 3.8) is 0 Å². The first-order chi connectivity index (χ1) is 6.25. The number of hydrogen-bond acceptors (Lipinski definition) is 4. The lowest BCUT2D eigenvalue weighted by Crippen LogP contribution is -2.01. The van der Waals surface area contributed by atoms with Gasteiger partial charge in [0.05, 0.1) is 6.20 Å². The number of imidazole rings is 1. The van der Waals surface area contributed by atoms with E-state index in [4.69, 9.17) is 4.74 Å². The van der Waals surface area contributed by atoms with Crippen molar-refractivity contribution in [3.05, 3.63) is 24.7 Å². The highest BCUT2D eigenvalue weighted by Gasteiger charge is 2.03. The molecule has 2 aromatic heterocycles. The molecule has 0 amide bonds. The first-order valence-electron chi connectivity index (χ1n) is 3.74. The van der Waals surface area contributed by atoms with Crippen molar-refractivity contribution >= 4 is 11.7 Å². The Morgan fingerprint density at radius 1 is 1.62 bits per heavy atom. The minimum Gasteiger partial charge on any atom is -0.406 e. The Morgan fingerprint density at radius 2 is 2.46 bits per heavy atom. The van der Waals surface area contributed by atoms with Gasteiger partial charge in [-0.3, -0.25) is 9.20 Å². The van der Waals surface area contributed by atoms with Gasteiger partial charge in [0.1, 0.15) is 0 Å². The number of aromatic nitrogens is 3. The topological polar surface area (TPSA) is 56.5 Å². The predicted octanol–water partition coefficient (Wildman–Crippen LogP) is 0.655. The number of carbonyl (C=O) groups is 1. The van der Waals surface area contributed by atoms with E-state index in [0.717, 1.165) is 0 Å². The third-order valence-corrected chi connectivity index (χ3v) is 1.46. The molecular formula is C8H7N3O2. The Bertz CT molecular complexity index is 416. The van der Waals surface area contributed by atoms with Crippen LogP contribution >= 0.6 is 0 Å². The molecule has 2 aromatic rings. The Balaban J connectivity index is 2.44. The average Bonchev–Trinajstić information content (AvgIpc) is 2.44. The zero-order chi connectivity index (χ0) is 9.26. The van der Waals surface area contributed by atoms with Gasteiger partial charge in [-0.2, -0.15) is 4.98 Å². The second-order valence-corrected chi connectivity index (χ2v) is 2.50. The van der Waals surface area contributed by atoms with Gasteiger partial charge in [-0.1, -0.05) is 0 Å². The minimum absolute atomic E-state index is 0.270. The fraction of sp³-hybridized carbons (Fsp3) is 0.125. The number of hydrogen-bond donors (Lipinski definition) is 0. The average molecular weight is 177 g/mol. The Kier molecular flexibility index (Phi) is 1.70. The zero-order valence-corrected chi connectivity index (χ0v) is 6.97. The number of rotatable bonds is 1. The highest BCUT2D eigenvalue weighted by molar-refractivity contribution is 5.68. The number of ether oxygens (including phenoxy) is 1. The molecule has 0 saturated heterocycles. The van der Waals surface area contributed by atoms with Crippen LogP contribution in [0.4, 0.5) is 0 Å². The van der Waals surface area contributed by atoms with Crippen LogP contribution in [-0.2, 0) is 4.79 Å². The lowest BCUT2D eigenvalue weighted by atomic mass is 10.7. The van der Waals surface area contributed by atoms with Gasteiger partial charge in [0.25, 0.3) is 0 Å². The van der Waals surface area contributed by atoms with Gasteiger partial charge in [-0.15, -0.1) is 0 Å². The molecule has 0 bridgehead atoms. The van der Waals surface area contributed by atoms with Crippen LogP contribution < -0.4 is 4.74 Å². The van der Waals surface area contributed by atoms with Gasteiger partial charge in [0, 0.05) is 19.3 Å². The SMILES string of the molecule is CC(=O)Oc1cn2cccnc2n1. The van der Waals surface area contributed by atoms with Crippen LogP contribution in [0.1, 0.15) is 6.92 Å². The molecule has 0 aliphatic carbocycles. The van der Waals surface area contributed by atoms with Gasteiger partial charge in [0.15, 0.2) is 0 Å². The molecule has 0 fully saturated rings. The molecule has 0 atom stereocenters. The molecule has 0 N–H and O–H groups in total. The fourth-order valence-corrected chi connectivity index (χ4v) is 1.00. The van der Waals surface area contributed by atoms with Crippen molar-refractivity contribution < 1.29 is 9.53 Å². The molecular weight excluding hydrogens is 170 g/mol. The monoisotopic (exact) mass is 177 g/mol. The van der Waals surface area contributed by atoms with Crippen LogP contribution in [0.15, 0.2) is 24.7 Å². The molecule has 2 heterocycles. The van der Waals surface area contributed by atoms with Crippen LogP contribution in [0.5, 0.6) is 5.88 Å². The summed E-state index contributed by atoms with van der Waals surface area (Å²) >= 11 is 0. The van der Waals surface area contributed by atoms with E-state index in [0.29, 0.717) is 5.78 Å². The molecule has 66 valence electrons. The number of carbonyl (C=O) groups excluding carboxylic acids is 1. The summed E-state index contributed by atoms with van der Waals surface area (Å²) in [4.78, 5) is 18.5. The molecule has 5 nitrogen and oxygen atoms in total. The van der Waals surface area contributed by atoms with E-state index in [2.05, 4.69) is 9.97 Å². The molecule has 5 heteroatoms. The van der Waals surface area contributed by atoms with E-state index in [-0.39, 0.29) is 11.8 Å². The van der Waals surface area contributed by atoms with Gasteiger partial charge in [0.2, 0.25) is 11.7 Å². The third-order valence-electron chi connectivity index (χ3n) is 1.46. The molecule has 0 aromatic carbocycles. The summed E-state index contributed by atoms with van der Waals surface area (Å²) in [6, 6.07) is 1.77. The largest absolute Gasteiger partial charge is 0.406 e. The lowest BCUT2D eigenvalue weighted by molar-refractivity contribution is -0.132. The Hall–Kier alpha value is -1.91. The molecule has 0 unspecified atom stereocenters. The maximum atomic E-state index is 10.6. The van der Waals surface area contributed by atoms with Gasteiger partial charge >= 0.3 is 5.97 Å². The van der Waals surface area contributed by atoms with E-state index >= 15 is 0 Å². The van der Waals surface area contributed by atoms with Crippen molar-refractivity contribution in [2.45, 2.75) is 6.92 Å². The molecule has 0 aliphatic heterocycles. The summed E-state index contributed by atoms with van der Waals surface area (Å²) < 4.78 is 6.47. The summed E-state index contributed by atoms with van der Waals surface area (Å²) in [5, 5.41) is 0. The van der Waals surface area contributed by atoms with E-state index < -0.39 is 0 Å². The summed E-state index contributed by atoms with van der Waals surface area (Å²) in [7, 11) is 0. The number of fused-ring (bicyclic) bond motifs is 1. The highest BCUT2D eigenvalue weighted by atomic mass is 16.5. The van der Waals surface area contributed by atoms with Crippen LogP contribution in [0, 0.1) is 0 Å². The van der Waals surface area contributed by atoms with E-state index in [9.17, 15) is 4.79 Å². The lowest BCUT2D eigenvalue weighted by Gasteiger charge is -1.90. The van der Waals surface area contributed by atoms with Crippen molar-refractivity contribution in [1.29, 1.82) is 0 Å². The van der Waals surface area contributed by atoms with Crippen molar-refractivity contribution in [1.82, 2.24) is 14.4 Å². The normalized spacial score (nSPS) is 10.2. The number of esters is 1. The Morgan fingerprint density at radius 3 is 3.15 bits per heavy atom. The smallest absolute Gasteiger partial charge is 0.309 e. The van der Waals surface area contributed by atoms with Crippen LogP contribution in [0.25, 0.3) is 5.78 Å². The van der Waals surface area contributed by atoms with Gasteiger partial charge in [-0.05, 0) is 6.07 Å². The molecule has 0 aliphatic rings. The third kappa shape index (κ3) is 1.48. The minimum atomic E-state index is -0.386. The van der Waals surface area contributed by atoms with Crippen molar-refractivity contribution in [2.24, 2.45) is 0 Å². The second kappa shape index (κ2) is 2.85. The predicted molar refractivity (Wildman–Crippen MR) is 44.3 cm³/mol. The quantitative estimate of drug-likeness (QED) is 0.600. The van der Waals surface area contributed by atoms with Crippen LogP contribution in [0.2, 0.25) is 0 Å². The Labute approximate surface area is 74.0 Å².